The first kappa shape index (κ1) is 20.0. The quantitative estimate of drug-likeness (QED) is 0.357. The summed E-state index contributed by atoms with van der Waals surface area (Å²) in [6.45, 7) is 0.404. The Labute approximate surface area is 179 Å². The van der Waals surface area contributed by atoms with Crippen molar-refractivity contribution < 1.29 is 14.3 Å². The molecule has 3 rings (SSSR count). The molecule has 0 saturated carbocycles. The largest absolute Gasteiger partial charge is 0.493 e. The van der Waals surface area contributed by atoms with Gasteiger partial charge in [-0.2, -0.15) is 5.10 Å². The molecule has 0 radical (unpaired) electrons. The molecule has 1 fully saturated rings. The molecular formula is C18H15ClIN3O3S. The summed E-state index contributed by atoms with van der Waals surface area (Å²) in [5, 5.41) is 11.8. The van der Waals surface area contributed by atoms with Crippen molar-refractivity contribution in [3.63, 3.8) is 0 Å². The Hall–Kier alpha value is -1.78. The second kappa shape index (κ2) is 9.43. The lowest BCUT2D eigenvalue weighted by Gasteiger charge is -2.13. The fourth-order valence-electron chi connectivity index (χ4n) is 2.22. The minimum atomic E-state index is -0.0626. The van der Waals surface area contributed by atoms with Crippen LogP contribution in [0.1, 0.15) is 11.1 Å². The predicted molar refractivity (Wildman–Crippen MR) is 117 cm³/mol. The molecule has 1 aliphatic heterocycles. The van der Waals surface area contributed by atoms with Crippen molar-refractivity contribution in [2.24, 2.45) is 10.2 Å². The number of amides is 1. The van der Waals surface area contributed by atoms with Crippen molar-refractivity contribution >= 4 is 63.2 Å². The van der Waals surface area contributed by atoms with Crippen LogP contribution in [-0.4, -0.2) is 30.2 Å². The molecule has 6 nitrogen and oxygen atoms in total. The number of methoxy groups -OCH3 is 1. The van der Waals surface area contributed by atoms with Gasteiger partial charge in [-0.3, -0.25) is 4.79 Å². The molecule has 1 aliphatic rings. The summed E-state index contributed by atoms with van der Waals surface area (Å²) in [4.78, 5) is 11.1. The molecule has 1 saturated heterocycles. The monoisotopic (exact) mass is 515 g/mol. The molecule has 2 aromatic carbocycles. The summed E-state index contributed by atoms with van der Waals surface area (Å²) in [6, 6.07) is 11.2. The molecule has 1 amide bonds. The van der Waals surface area contributed by atoms with Crippen LogP contribution in [0.15, 0.2) is 46.6 Å². The van der Waals surface area contributed by atoms with E-state index in [1.165, 1.54) is 11.8 Å². The van der Waals surface area contributed by atoms with E-state index in [9.17, 15) is 4.79 Å². The number of rotatable bonds is 6. The Morgan fingerprint density at radius 2 is 2.11 bits per heavy atom. The number of amidine groups is 1. The molecule has 0 bridgehead atoms. The van der Waals surface area contributed by atoms with Crippen LogP contribution in [-0.2, 0) is 11.4 Å². The van der Waals surface area contributed by atoms with Crippen molar-refractivity contribution in [3.8, 4) is 11.5 Å². The Balaban J connectivity index is 1.72. The van der Waals surface area contributed by atoms with Gasteiger partial charge in [0.2, 0.25) is 5.91 Å². The molecule has 0 unspecified atom stereocenters. The maximum Gasteiger partial charge on any atom is 0.236 e. The van der Waals surface area contributed by atoms with E-state index >= 15 is 0 Å². The number of hydrogen-bond donors (Lipinski definition) is 1. The van der Waals surface area contributed by atoms with Crippen LogP contribution in [0.25, 0.3) is 0 Å². The van der Waals surface area contributed by atoms with Crippen LogP contribution < -0.4 is 14.8 Å². The van der Waals surface area contributed by atoms with Crippen LogP contribution >= 0.6 is 46.0 Å². The van der Waals surface area contributed by atoms with Crippen LogP contribution in [0.2, 0.25) is 5.02 Å². The first-order valence-corrected chi connectivity index (χ1v) is 10.3. The lowest BCUT2D eigenvalue weighted by atomic mass is 10.2. The van der Waals surface area contributed by atoms with Gasteiger partial charge in [0.15, 0.2) is 16.7 Å². The van der Waals surface area contributed by atoms with Crippen molar-refractivity contribution in [3.05, 3.63) is 56.1 Å². The zero-order chi connectivity index (χ0) is 19.2. The summed E-state index contributed by atoms with van der Waals surface area (Å²) >= 11 is 9.42. The molecule has 0 spiro atoms. The van der Waals surface area contributed by atoms with Gasteiger partial charge >= 0.3 is 0 Å². The molecule has 27 heavy (non-hydrogen) atoms. The normalized spacial score (nSPS) is 15.4. The molecule has 0 atom stereocenters. The summed E-state index contributed by atoms with van der Waals surface area (Å²) in [7, 11) is 1.59. The number of nitrogens with zero attached hydrogens (tertiary/aromatic N) is 2. The average molecular weight is 516 g/mol. The number of halogens is 2. The fraction of sp³-hybridized carbons (Fsp3) is 0.167. The van der Waals surface area contributed by atoms with E-state index in [0.717, 1.165) is 14.7 Å². The number of carbonyl (C=O) groups is 1. The van der Waals surface area contributed by atoms with E-state index in [1.54, 1.807) is 13.3 Å². The summed E-state index contributed by atoms with van der Waals surface area (Å²) in [5.41, 5.74) is 1.82. The predicted octanol–water partition coefficient (Wildman–Crippen LogP) is 4.09. The molecule has 9 heteroatoms. The molecule has 1 N–H and O–H groups in total. The third-order valence-electron chi connectivity index (χ3n) is 3.49. The Morgan fingerprint density at radius 3 is 2.78 bits per heavy atom. The third-order valence-corrected chi connectivity index (χ3v) is 5.41. The highest BCUT2D eigenvalue weighted by atomic mass is 127. The lowest BCUT2D eigenvalue weighted by molar-refractivity contribution is -0.116. The number of nitrogens with one attached hydrogen (secondary N) is 1. The van der Waals surface area contributed by atoms with Gasteiger partial charge in [0, 0.05) is 5.02 Å². The van der Waals surface area contributed by atoms with Gasteiger partial charge in [-0.05, 0) is 58.0 Å². The first-order chi connectivity index (χ1) is 13.0. The molecule has 2 aromatic rings. The van der Waals surface area contributed by atoms with Crippen molar-refractivity contribution in [2.75, 3.05) is 12.9 Å². The van der Waals surface area contributed by atoms with Crippen molar-refractivity contribution in [2.45, 2.75) is 6.61 Å². The number of carbonyl (C=O) groups excluding carboxylic acids is 1. The van der Waals surface area contributed by atoms with Crippen molar-refractivity contribution in [1.29, 1.82) is 0 Å². The maximum atomic E-state index is 11.1. The van der Waals surface area contributed by atoms with Gasteiger partial charge in [0.25, 0.3) is 0 Å². The Kier molecular flexibility index (Phi) is 6.97. The van der Waals surface area contributed by atoms with Crippen LogP contribution in [0.5, 0.6) is 11.5 Å². The van der Waals surface area contributed by atoms with Gasteiger partial charge < -0.3 is 14.8 Å². The summed E-state index contributed by atoms with van der Waals surface area (Å²) in [6.07, 6.45) is 1.60. The number of benzene rings is 2. The van der Waals surface area contributed by atoms with E-state index in [-0.39, 0.29) is 5.91 Å². The van der Waals surface area contributed by atoms with Gasteiger partial charge in [-0.25, -0.2) is 0 Å². The van der Waals surface area contributed by atoms with Gasteiger partial charge in [0.1, 0.15) is 6.61 Å². The number of thioether (sulfide) groups is 1. The van der Waals surface area contributed by atoms with Crippen molar-refractivity contribution in [1.82, 2.24) is 5.32 Å². The standard InChI is InChI=1S/C18H15ClIN3O3S/c1-25-15-7-12(8-21-23-18-22-16(24)10-27-18)6-14(20)17(15)26-9-11-2-4-13(19)5-3-11/h2-8H,9-10H2,1H3,(H,22,23,24)/b21-8-. The van der Waals surface area contributed by atoms with Crippen LogP contribution in [0, 0.1) is 3.57 Å². The second-order valence-electron chi connectivity index (χ2n) is 5.44. The first-order valence-electron chi connectivity index (χ1n) is 7.83. The molecule has 0 aliphatic carbocycles. The van der Waals surface area contributed by atoms with Gasteiger partial charge in [0.05, 0.1) is 22.6 Å². The lowest BCUT2D eigenvalue weighted by Crippen LogP contribution is -2.19. The minimum absolute atomic E-state index is 0.0626. The summed E-state index contributed by atoms with van der Waals surface area (Å²) < 4.78 is 12.3. The van der Waals surface area contributed by atoms with Crippen LogP contribution in [0.3, 0.4) is 0 Å². The van der Waals surface area contributed by atoms with Crippen LogP contribution in [0.4, 0.5) is 0 Å². The summed E-state index contributed by atoms with van der Waals surface area (Å²) in [5.74, 6) is 1.58. The van der Waals surface area contributed by atoms with E-state index in [4.69, 9.17) is 21.1 Å². The van der Waals surface area contributed by atoms with E-state index < -0.39 is 0 Å². The Bertz CT molecular complexity index is 903. The average Bonchev–Trinajstić information content (AvgIpc) is 3.07. The van der Waals surface area contributed by atoms with Gasteiger partial charge in [-0.1, -0.05) is 35.5 Å². The minimum Gasteiger partial charge on any atom is -0.493 e. The molecular weight excluding hydrogens is 501 g/mol. The number of ether oxygens (including phenoxy) is 2. The topological polar surface area (TPSA) is 72.3 Å². The van der Waals surface area contributed by atoms with E-state index in [0.29, 0.717) is 34.0 Å². The zero-order valence-electron chi connectivity index (χ0n) is 14.2. The highest BCUT2D eigenvalue weighted by molar-refractivity contribution is 14.1. The second-order valence-corrected chi connectivity index (χ2v) is 8.00. The fourth-order valence-corrected chi connectivity index (χ4v) is 3.76. The number of hydrogen-bond acceptors (Lipinski definition) is 6. The maximum absolute atomic E-state index is 11.1. The van der Waals surface area contributed by atoms with E-state index in [1.807, 2.05) is 36.4 Å². The highest BCUT2D eigenvalue weighted by Gasteiger charge is 2.16. The Morgan fingerprint density at radius 1 is 1.33 bits per heavy atom. The van der Waals surface area contributed by atoms with E-state index in [2.05, 4.69) is 38.1 Å². The SMILES string of the molecule is COc1cc(/C=N\N=C2NC(=O)CS2)cc(I)c1OCc1ccc(Cl)cc1. The highest BCUT2D eigenvalue weighted by Crippen LogP contribution is 2.34. The molecule has 140 valence electrons. The zero-order valence-corrected chi connectivity index (χ0v) is 18.0. The molecule has 0 aromatic heterocycles. The molecule has 1 heterocycles. The third kappa shape index (κ3) is 5.60. The van der Waals surface area contributed by atoms with Gasteiger partial charge in [-0.15, -0.1) is 5.10 Å². The smallest absolute Gasteiger partial charge is 0.236 e.